The van der Waals surface area contributed by atoms with E-state index in [2.05, 4.69) is 0 Å². The van der Waals surface area contributed by atoms with Crippen LogP contribution in [0, 0.1) is 5.92 Å². The largest absolute Gasteiger partial charge is 0.379 e. The van der Waals surface area contributed by atoms with Gasteiger partial charge in [-0.2, -0.15) is 0 Å². The zero-order valence-electron chi connectivity index (χ0n) is 8.81. The highest BCUT2D eigenvalue weighted by molar-refractivity contribution is 5.85. The molecule has 0 saturated carbocycles. The van der Waals surface area contributed by atoms with Crippen molar-refractivity contribution in [2.24, 2.45) is 17.4 Å². The summed E-state index contributed by atoms with van der Waals surface area (Å²) in [6.07, 6.45) is 0. The Morgan fingerprint density at radius 1 is 1.47 bits per heavy atom. The maximum Gasteiger partial charge on any atom is 0.237 e. The molecule has 86 valence electrons. The number of ether oxygens (including phenoxy) is 1. The Morgan fingerprint density at radius 3 is 2.53 bits per heavy atom. The summed E-state index contributed by atoms with van der Waals surface area (Å²) < 4.78 is 5.10. The average molecular weight is 215 g/mol. The molecule has 0 bridgehead atoms. The Balaban J connectivity index is 2.59. The van der Waals surface area contributed by atoms with Crippen molar-refractivity contribution in [1.82, 2.24) is 4.90 Å². The van der Waals surface area contributed by atoms with Gasteiger partial charge in [-0.25, -0.2) is 0 Å². The highest BCUT2D eigenvalue weighted by atomic mass is 16.5. The van der Waals surface area contributed by atoms with Gasteiger partial charge in [0.05, 0.1) is 25.7 Å². The van der Waals surface area contributed by atoms with Gasteiger partial charge in [0.15, 0.2) is 0 Å². The molecule has 15 heavy (non-hydrogen) atoms. The fourth-order valence-corrected chi connectivity index (χ4v) is 1.59. The van der Waals surface area contributed by atoms with Crippen LogP contribution >= 0.6 is 0 Å². The third-order valence-electron chi connectivity index (χ3n) is 2.48. The SMILES string of the molecule is CCN(CC(N)=O)C(=O)C1COCC1N. The molecule has 0 aromatic heterocycles. The van der Waals surface area contributed by atoms with Gasteiger partial charge >= 0.3 is 0 Å². The third kappa shape index (κ3) is 2.90. The maximum atomic E-state index is 11.9. The molecule has 0 aromatic carbocycles. The van der Waals surface area contributed by atoms with E-state index >= 15 is 0 Å². The van der Waals surface area contributed by atoms with E-state index in [1.807, 2.05) is 0 Å². The lowest BCUT2D eigenvalue weighted by molar-refractivity contribution is -0.138. The minimum atomic E-state index is -0.516. The highest BCUT2D eigenvalue weighted by Gasteiger charge is 2.34. The van der Waals surface area contributed by atoms with E-state index in [9.17, 15) is 9.59 Å². The Bertz CT molecular complexity index is 257. The normalized spacial score (nSPS) is 25.2. The van der Waals surface area contributed by atoms with E-state index in [1.54, 1.807) is 6.92 Å². The minimum Gasteiger partial charge on any atom is -0.379 e. The van der Waals surface area contributed by atoms with Crippen LogP contribution in [-0.4, -0.2) is 49.1 Å². The summed E-state index contributed by atoms with van der Waals surface area (Å²) in [5.41, 5.74) is 10.8. The number of nitrogens with zero attached hydrogens (tertiary/aromatic N) is 1. The lowest BCUT2D eigenvalue weighted by Gasteiger charge is -2.23. The van der Waals surface area contributed by atoms with Gasteiger partial charge in [0.2, 0.25) is 11.8 Å². The van der Waals surface area contributed by atoms with Crippen LogP contribution in [0.25, 0.3) is 0 Å². The van der Waals surface area contributed by atoms with Gasteiger partial charge in [0.25, 0.3) is 0 Å². The molecule has 6 heteroatoms. The first-order valence-electron chi connectivity index (χ1n) is 4.96. The molecule has 1 heterocycles. The molecule has 1 saturated heterocycles. The maximum absolute atomic E-state index is 11.9. The predicted octanol–water partition coefficient (Wildman–Crippen LogP) is -1.71. The molecule has 2 amide bonds. The van der Waals surface area contributed by atoms with Crippen molar-refractivity contribution in [3.8, 4) is 0 Å². The molecule has 1 rings (SSSR count). The lowest BCUT2D eigenvalue weighted by atomic mass is 10.0. The fraction of sp³-hybridized carbons (Fsp3) is 0.778. The molecular formula is C9H17N3O3. The average Bonchev–Trinajstić information content (AvgIpc) is 2.59. The van der Waals surface area contributed by atoms with E-state index < -0.39 is 5.91 Å². The molecule has 1 fully saturated rings. The van der Waals surface area contributed by atoms with Crippen molar-refractivity contribution in [3.05, 3.63) is 0 Å². The van der Waals surface area contributed by atoms with Crippen molar-refractivity contribution in [3.63, 3.8) is 0 Å². The van der Waals surface area contributed by atoms with E-state index in [1.165, 1.54) is 4.90 Å². The van der Waals surface area contributed by atoms with Gasteiger partial charge in [0, 0.05) is 12.6 Å². The van der Waals surface area contributed by atoms with Crippen LogP contribution in [-0.2, 0) is 14.3 Å². The number of hydrogen-bond donors (Lipinski definition) is 2. The number of amides is 2. The number of hydrogen-bond acceptors (Lipinski definition) is 4. The summed E-state index contributed by atoms with van der Waals surface area (Å²) in [7, 11) is 0. The predicted molar refractivity (Wildman–Crippen MR) is 53.7 cm³/mol. The molecule has 2 unspecified atom stereocenters. The van der Waals surface area contributed by atoms with Gasteiger partial charge in [-0.15, -0.1) is 0 Å². The van der Waals surface area contributed by atoms with E-state index in [4.69, 9.17) is 16.2 Å². The summed E-state index contributed by atoms with van der Waals surface area (Å²) in [4.78, 5) is 24.0. The topological polar surface area (TPSA) is 98.6 Å². The first-order chi connectivity index (χ1) is 7.06. The first-order valence-corrected chi connectivity index (χ1v) is 4.96. The van der Waals surface area contributed by atoms with Crippen molar-refractivity contribution in [1.29, 1.82) is 0 Å². The van der Waals surface area contributed by atoms with Crippen LogP contribution in [0.2, 0.25) is 0 Å². The number of rotatable bonds is 4. The molecule has 0 spiro atoms. The Morgan fingerprint density at radius 2 is 2.13 bits per heavy atom. The second-order valence-corrected chi connectivity index (χ2v) is 3.63. The van der Waals surface area contributed by atoms with Gasteiger partial charge in [-0.3, -0.25) is 9.59 Å². The minimum absolute atomic E-state index is 0.0570. The van der Waals surface area contributed by atoms with E-state index in [0.29, 0.717) is 19.8 Å². The molecule has 4 N–H and O–H groups in total. The van der Waals surface area contributed by atoms with E-state index in [-0.39, 0.29) is 24.4 Å². The number of likely N-dealkylation sites (N-methyl/N-ethyl adjacent to an activating group) is 1. The van der Waals surface area contributed by atoms with Gasteiger partial charge < -0.3 is 21.1 Å². The van der Waals surface area contributed by atoms with Crippen molar-refractivity contribution >= 4 is 11.8 Å². The zero-order chi connectivity index (χ0) is 11.4. The Kier molecular flexibility index (Phi) is 4.05. The Labute approximate surface area is 88.5 Å². The van der Waals surface area contributed by atoms with Crippen LogP contribution in [0.4, 0.5) is 0 Å². The van der Waals surface area contributed by atoms with Crippen molar-refractivity contribution < 1.29 is 14.3 Å². The second-order valence-electron chi connectivity index (χ2n) is 3.63. The number of primary amides is 1. The Hall–Kier alpha value is -1.14. The van der Waals surface area contributed by atoms with Crippen LogP contribution in [0.3, 0.4) is 0 Å². The third-order valence-corrected chi connectivity index (χ3v) is 2.48. The molecular weight excluding hydrogens is 198 g/mol. The number of carbonyl (C=O) groups is 2. The van der Waals surface area contributed by atoms with Gasteiger partial charge in [-0.05, 0) is 6.92 Å². The molecule has 6 nitrogen and oxygen atoms in total. The smallest absolute Gasteiger partial charge is 0.237 e. The summed E-state index contributed by atoms with van der Waals surface area (Å²) in [5, 5.41) is 0. The fourth-order valence-electron chi connectivity index (χ4n) is 1.59. The molecule has 1 aliphatic rings. The van der Waals surface area contributed by atoms with Crippen LogP contribution in [0.5, 0.6) is 0 Å². The summed E-state index contributed by atoms with van der Waals surface area (Å²) >= 11 is 0. The zero-order valence-corrected chi connectivity index (χ0v) is 8.81. The lowest BCUT2D eigenvalue weighted by Crippen LogP contribution is -2.46. The highest BCUT2D eigenvalue weighted by Crippen LogP contribution is 2.14. The van der Waals surface area contributed by atoms with Crippen molar-refractivity contribution in [2.75, 3.05) is 26.3 Å². The monoisotopic (exact) mass is 215 g/mol. The van der Waals surface area contributed by atoms with Crippen molar-refractivity contribution in [2.45, 2.75) is 13.0 Å². The standard InChI is InChI=1S/C9H17N3O3/c1-2-12(3-8(11)13)9(14)6-4-15-5-7(6)10/h6-7H,2-5,10H2,1H3,(H2,11,13). The van der Waals surface area contributed by atoms with Gasteiger partial charge in [0.1, 0.15) is 0 Å². The summed E-state index contributed by atoms with van der Waals surface area (Å²) in [6, 6.07) is -0.278. The molecule has 0 radical (unpaired) electrons. The first kappa shape index (κ1) is 11.9. The van der Waals surface area contributed by atoms with Gasteiger partial charge in [-0.1, -0.05) is 0 Å². The quantitative estimate of drug-likeness (QED) is 0.583. The summed E-state index contributed by atoms with van der Waals surface area (Å²) in [6.45, 7) is 2.91. The second kappa shape index (κ2) is 5.09. The molecule has 0 aromatic rings. The molecule has 2 atom stereocenters. The van der Waals surface area contributed by atoms with E-state index in [0.717, 1.165) is 0 Å². The molecule has 0 aliphatic carbocycles. The summed E-state index contributed by atoms with van der Waals surface area (Å²) in [5.74, 6) is -1.01. The number of nitrogens with two attached hydrogens (primary N) is 2. The van der Waals surface area contributed by atoms with Crippen LogP contribution < -0.4 is 11.5 Å². The van der Waals surface area contributed by atoms with Crippen LogP contribution in [0.15, 0.2) is 0 Å². The van der Waals surface area contributed by atoms with Crippen LogP contribution in [0.1, 0.15) is 6.92 Å². The number of carbonyl (C=O) groups excluding carboxylic acids is 2. The molecule has 1 aliphatic heterocycles.